The molecule has 2 N–H and O–H groups in total. The molecule has 0 amide bonds. The number of nitrogens with one attached hydrogen (secondary N) is 1. The van der Waals surface area contributed by atoms with Gasteiger partial charge in [0.2, 0.25) is 0 Å². The Kier molecular flexibility index (Phi) is 4.02. The fraction of sp³-hybridized carbons (Fsp3) is 0.417. The summed E-state index contributed by atoms with van der Waals surface area (Å²) in [5.74, 6) is -0.460. The van der Waals surface area contributed by atoms with Gasteiger partial charge in [0.15, 0.2) is 0 Å². The summed E-state index contributed by atoms with van der Waals surface area (Å²) in [5.41, 5.74) is 0.935. The summed E-state index contributed by atoms with van der Waals surface area (Å²) in [6.07, 6.45) is 1.03. The molecule has 1 heterocycles. The number of carboxylic acid groups (broad SMARTS) is 1. The molecule has 1 fully saturated rings. The van der Waals surface area contributed by atoms with Gasteiger partial charge in [0, 0.05) is 29.2 Å². The number of halogens is 1. The Labute approximate surface area is 108 Å². The van der Waals surface area contributed by atoms with Crippen LogP contribution in [-0.4, -0.2) is 30.8 Å². The average Bonchev–Trinajstić information content (AvgIpc) is 2.78. The van der Waals surface area contributed by atoms with Crippen LogP contribution in [0.1, 0.15) is 16.8 Å². The van der Waals surface area contributed by atoms with Gasteiger partial charge in [0.25, 0.3) is 0 Å². The van der Waals surface area contributed by atoms with Crippen molar-refractivity contribution in [2.45, 2.75) is 6.42 Å². The van der Waals surface area contributed by atoms with E-state index in [1.54, 1.807) is 12.1 Å². The van der Waals surface area contributed by atoms with Gasteiger partial charge in [-0.3, -0.25) is 0 Å². The molecule has 0 bridgehead atoms. The zero-order valence-corrected chi connectivity index (χ0v) is 10.9. The van der Waals surface area contributed by atoms with E-state index in [1.807, 2.05) is 6.07 Å². The van der Waals surface area contributed by atoms with Crippen LogP contribution < -0.4 is 5.32 Å². The van der Waals surface area contributed by atoms with Gasteiger partial charge in [0.05, 0.1) is 12.2 Å². The first kappa shape index (κ1) is 12.4. The molecule has 2 rings (SSSR count). The molecule has 1 aromatic carbocycles. The van der Waals surface area contributed by atoms with Gasteiger partial charge < -0.3 is 15.2 Å². The number of ether oxygens (including phenoxy) is 1. The first-order valence-corrected chi connectivity index (χ1v) is 6.31. The van der Waals surface area contributed by atoms with E-state index in [2.05, 4.69) is 21.2 Å². The van der Waals surface area contributed by atoms with Crippen molar-refractivity contribution in [1.82, 2.24) is 0 Å². The molecule has 0 aliphatic carbocycles. The Bertz CT molecular complexity index is 416. The highest BCUT2D eigenvalue weighted by Crippen LogP contribution is 2.25. The topological polar surface area (TPSA) is 58.6 Å². The van der Waals surface area contributed by atoms with Crippen LogP contribution in [0.2, 0.25) is 0 Å². The Morgan fingerprint density at radius 1 is 1.59 bits per heavy atom. The number of benzene rings is 1. The van der Waals surface area contributed by atoms with Crippen molar-refractivity contribution in [3.63, 3.8) is 0 Å². The van der Waals surface area contributed by atoms with Gasteiger partial charge >= 0.3 is 5.97 Å². The summed E-state index contributed by atoms with van der Waals surface area (Å²) in [7, 11) is 0. The number of hydrogen-bond donors (Lipinski definition) is 2. The molecule has 1 aliphatic rings. The lowest BCUT2D eigenvalue weighted by atomic mass is 10.1. The second-order valence-corrected chi connectivity index (χ2v) is 4.93. The Morgan fingerprint density at radius 3 is 3.06 bits per heavy atom. The zero-order chi connectivity index (χ0) is 12.3. The first-order valence-electron chi connectivity index (χ1n) is 5.52. The van der Waals surface area contributed by atoms with E-state index in [-0.39, 0.29) is 5.56 Å². The maximum atomic E-state index is 11.1. The molecule has 1 aromatic rings. The molecule has 1 atom stereocenters. The normalized spacial score (nSPS) is 19.2. The SMILES string of the molecule is O=C(O)c1c(Br)cccc1NCC1CCOC1. The second-order valence-electron chi connectivity index (χ2n) is 4.08. The van der Waals surface area contributed by atoms with Crippen LogP contribution >= 0.6 is 15.9 Å². The predicted molar refractivity (Wildman–Crippen MR) is 68.5 cm³/mol. The third-order valence-electron chi connectivity index (χ3n) is 2.83. The lowest BCUT2D eigenvalue weighted by molar-refractivity contribution is 0.0697. The molecule has 92 valence electrons. The van der Waals surface area contributed by atoms with Crippen molar-refractivity contribution in [3.8, 4) is 0 Å². The molecule has 0 aromatic heterocycles. The van der Waals surface area contributed by atoms with E-state index in [0.717, 1.165) is 26.2 Å². The molecule has 0 radical (unpaired) electrons. The fourth-order valence-corrected chi connectivity index (χ4v) is 2.42. The van der Waals surface area contributed by atoms with Crippen molar-refractivity contribution >= 4 is 27.6 Å². The second kappa shape index (κ2) is 5.51. The van der Waals surface area contributed by atoms with Crippen molar-refractivity contribution in [2.75, 3.05) is 25.1 Å². The molecule has 1 aliphatic heterocycles. The Balaban J connectivity index is 2.09. The van der Waals surface area contributed by atoms with Gasteiger partial charge in [0.1, 0.15) is 0 Å². The number of aromatic carboxylic acids is 1. The van der Waals surface area contributed by atoms with Gasteiger partial charge in [-0.25, -0.2) is 4.79 Å². The molecule has 5 heteroatoms. The van der Waals surface area contributed by atoms with Crippen molar-refractivity contribution in [3.05, 3.63) is 28.2 Å². The van der Waals surface area contributed by atoms with E-state index in [1.165, 1.54) is 0 Å². The van der Waals surface area contributed by atoms with Crippen molar-refractivity contribution < 1.29 is 14.6 Å². The molecule has 4 nitrogen and oxygen atoms in total. The number of carboxylic acids is 1. The minimum absolute atomic E-state index is 0.284. The van der Waals surface area contributed by atoms with Gasteiger partial charge in [-0.05, 0) is 34.5 Å². The molecule has 1 unspecified atom stereocenters. The molecule has 17 heavy (non-hydrogen) atoms. The summed E-state index contributed by atoms with van der Waals surface area (Å²) < 4.78 is 5.88. The van der Waals surface area contributed by atoms with Crippen molar-refractivity contribution in [1.29, 1.82) is 0 Å². The van der Waals surface area contributed by atoms with Crippen LogP contribution in [0.5, 0.6) is 0 Å². The zero-order valence-electron chi connectivity index (χ0n) is 9.28. The van der Waals surface area contributed by atoms with E-state index in [4.69, 9.17) is 9.84 Å². The van der Waals surface area contributed by atoms with E-state index in [0.29, 0.717) is 16.1 Å². The predicted octanol–water partition coefficient (Wildman–Crippen LogP) is 2.60. The first-order chi connectivity index (χ1) is 8.18. The molecule has 0 spiro atoms. The number of anilines is 1. The summed E-state index contributed by atoms with van der Waals surface area (Å²) in [5, 5.41) is 12.3. The summed E-state index contributed by atoms with van der Waals surface area (Å²) in [4.78, 5) is 11.1. The highest BCUT2D eigenvalue weighted by Gasteiger charge is 2.18. The minimum Gasteiger partial charge on any atom is -0.478 e. The Hall–Kier alpha value is -1.07. The standard InChI is InChI=1S/C12H14BrNO3/c13-9-2-1-3-10(11(9)12(15)16)14-6-8-4-5-17-7-8/h1-3,8,14H,4-7H2,(H,15,16). The van der Waals surface area contributed by atoms with Gasteiger partial charge in [-0.2, -0.15) is 0 Å². The number of hydrogen-bond acceptors (Lipinski definition) is 3. The summed E-state index contributed by atoms with van der Waals surface area (Å²) in [6, 6.07) is 5.33. The largest absolute Gasteiger partial charge is 0.478 e. The van der Waals surface area contributed by atoms with Gasteiger partial charge in [-0.1, -0.05) is 6.07 Å². The highest BCUT2D eigenvalue weighted by atomic mass is 79.9. The van der Waals surface area contributed by atoms with Gasteiger partial charge in [-0.15, -0.1) is 0 Å². The van der Waals surface area contributed by atoms with E-state index in [9.17, 15) is 4.79 Å². The minimum atomic E-state index is -0.928. The van der Waals surface area contributed by atoms with Crippen LogP contribution in [0.15, 0.2) is 22.7 Å². The van der Waals surface area contributed by atoms with Crippen LogP contribution in [0, 0.1) is 5.92 Å². The molecular weight excluding hydrogens is 286 g/mol. The smallest absolute Gasteiger partial charge is 0.338 e. The third kappa shape index (κ3) is 2.98. The van der Waals surface area contributed by atoms with Crippen LogP contribution in [-0.2, 0) is 4.74 Å². The molecular formula is C12H14BrNO3. The van der Waals surface area contributed by atoms with Crippen molar-refractivity contribution in [2.24, 2.45) is 5.92 Å². The van der Waals surface area contributed by atoms with E-state index >= 15 is 0 Å². The maximum absolute atomic E-state index is 11.1. The maximum Gasteiger partial charge on any atom is 0.338 e. The third-order valence-corrected chi connectivity index (χ3v) is 3.49. The summed E-state index contributed by atoms with van der Waals surface area (Å²) >= 11 is 3.26. The number of rotatable bonds is 4. The van der Waals surface area contributed by atoms with E-state index < -0.39 is 5.97 Å². The van der Waals surface area contributed by atoms with Crippen LogP contribution in [0.4, 0.5) is 5.69 Å². The lowest BCUT2D eigenvalue weighted by Gasteiger charge is -2.13. The average molecular weight is 300 g/mol. The molecule has 1 saturated heterocycles. The Morgan fingerprint density at radius 2 is 2.41 bits per heavy atom. The fourth-order valence-electron chi connectivity index (χ4n) is 1.89. The highest BCUT2D eigenvalue weighted by molar-refractivity contribution is 9.10. The monoisotopic (exact) mass is 299 g/mol. The van der Waals surface area contributed by atoms with Crippen LogP contribution in [0.3, 0.4) is 0 Å². The van der Waals surface area contributed by atoms with Crippen LogP contribution in [0.25, 0.3) is 0 Å². The quantitative estimate of drug-likeness (QED) is 0.897. The summed E-state index contributed by atoms with van der Waals surface area (Å²) in [6.45, 7) is 2.30. The molecule has 0 saturated carbocycles. The number of carbonyl (C=O) groups is 1. The lowest BCUT2D eigenvalue weighted by Crippen LogP contribution is -2.16.